The number of hydrogen-bond acceptors (Lipinski definition) is 3. The molecule has 2 N–H and O–H groups in total. The minimum atomic E-state index is -0.733. The van der Waals surface area contributed by atoms with Crippen molar-refractivity contribution in [2.45, 2.75) is 31.7 Å². The molecule has 0 amide bonds. The number of carboxylic acids is 1. The Labute approximate surface area is 117 Å². The average molecular weight is 279 g/mol. The molecular weight excluding hydrogens is 264 g/mol. The lowest BCUT2D eigenvalue weighted by Crippen LogP contribution is -2.31. The molecular formula is C14H15ClN2O2. The van der Waals surface area contributed by atoms with Crippen LogP contribution in [0.4, 0.5) is 5.69 Å². The Morgan fingerprint density at radius 3 is 2.95 bits per heavy atom. The van der Waals surface area contributed by atoms with E-state index in [-0.39, 0.29) is 12.0 Å². The Morgan fingerprint density at radius 1 is 1.47 bits per heavy atom. The van der Waals surface area contributed by atoms with E-state index in [0.29, 0.717) is 17.0 Å². The molecule has 0 aromatic heterocycles. The predicted molar refractivity (Wildman–Crippen MR) is 73.2 cm³/mol. The van der Waals surface area contributed by atoms with Gasteiger partial charge in [0.1, 0.15) is 6.07 Å². The Morgan fingerprint density at radius 2 is 2.26 bits per heavy atom. The van der Waals surface area contributed by atoms with E-state index in [1.54, 1.807) is 18.2 Å². The zero-order valence-electron chi connectivity index (χ0n) is 10.4. The SMILES string of the molecule is N#Cc1cc(Cl)ccc1NC1CCCC(C(=O)O)C1. The molecule has 100 valence electrons. The second-order valence-electron chi connectivity index (χ2n) is 4.84. The summed E-state index contributed by atoms with van der Waals surface area (Å²) in [5.74, 6) is -1.02. The van der Waals surface area contributed by atoms with Crippen molar-refractivity contribution in [3.8, 4) is 6.07 Å². The highest BCUT2D eigenvalue weighted by Crippen LogP contribution is 2.28. The number of aliphatic carboxylic acids is 1. The molecule has 0 bridgehead atoms. The molecule has 0 radical (unpaired) electrons. The van der Waals surface area contributed by atoms with Crippen molar-refractivity contribution in [3.05, 3.63) is 28.8 Å². The molecule has 0 aliphatic heterocycles. The second-order valence-corrected chi connectivity index (χ2v) is 5.28. The molecule has 2 unspecified atom stereocenters. The number of anilines is 1. The molecule has 0 spiro atoms. The van der Waals surface area contributed by atoms with E-state index in [0.717, 1.165) is 24.9 Å². The number of rotatable bonds is 3. The third-order valence-corrected chi connectivity index (χ3v) is 3.72. The highest BCUT2D eigenvalue weighted by molar-refractivity contribution is 6.30. The van der Waals surface area contributed by atoms with Crippen molar-refractivity contribution in [1.82, 2.24) is 0 Å². The molecule has 1 saturated carbocycles. The Bertz CT molecular complexity index is 525. The smallest absolute Gasteiger partial charge is 0.306 e. The van der Waals surface area contributed by atoms with E-state index in [1.165, 1.54) is 0 Å². The number of benzene rings is 1. The summed E-state index contributed by atoms with van der Waals surface area (Å²) in [4.78, 5) is 11.0. The van der Waals surface area contributed by atoms with Crippen LogP contribution in [0, 0.1) is 17.2 Å². The number of nitrogens with zero attached hydrogens (tertiary/aromatic N) is 1. The summed E-state index contributed by atoms with van der Waals surface area (Å²) in [6.45, 7) is 0. The first kappa shape index (κ1) is 13.7. The molecule has 1 fully saturated rings. The van der Waals surface area contributed by atoms with Crippen LogP contribution in [-0.2, 0) is 4.79 Å². The molecule has 2 rings (SSSR count). The maximum Gasteiger partial charge on any atom is 0.306 e. The number of nitriles is 1. The van der Waals surface area contributed by atoms with Crippen LogP contribution in [0.5, 0.6) is 0 Å². The third-order valence-electron chi connectivity index (χ3n) is 3.49. The van der Waals surface area contributed by atoms with Crippen molar-refractivity contribution >= 4 is 23.3 Å². The lowest BCUT2D eigenvalue weighted by molar-refractivity contribution is -0.142. The normalized spacial score (nSPS) is 22.5. The van der Waals surface area contributed by atoms with Gasteiger partial charge in [0.25, 0.3) is 0 Å². The highest BCUT2D eigenvalue weighted by Gasteiger charge is 2.27. The van der Waals surface area contributed by atoms with Crippen LogP contribution >= 0.6 is 11.6 Å². The molecule has 1 aromatic carbocycles. The van der Waals surface area contributed by atoms with Crippen LogP contribution in [0.1, 0.15) is 31.2 Å². The van der Waals surface area contributed by atoms with E-state index in [2.05, 4.69) is 11.4 Å². The van der Waals surface area contributed by atoms with Crippen LogP contribution in [0.15, 0.2) is 18.2 Å². The zero-order chi connectivity index (χ0) is 13.8. The van der Waals surface area contributed by atoms with Crippen LogP contribution in [0.2, 0.25) is 5.02 Å². The molecule has 2 atom stereocenters. The molecule has 1 aliphatic rings. The summed E-state index contributed by atoms with van der Waals surface area (Å²) in [5.41, 5.74) is 1.22. The average Bonchev–Trinajstić information content (AvgIpc) is 2.41. The van der Waals surface area contributed by atoms with Crippen LogP contribution in [-0.4, -0.2) is 17.1 Å². The quantitative estimate of drug-likeness (QED) is 0.890. The number of nitrogens with one attached hydrogen (secondary N) is 1. The van der Waals surface area contributed by atoms with Crippen molar-refractivity contribution in [2.24, 2.45) is 5.92 Å². The summed E-state index contributed by atoms with van der Waals surface area (Å²) in [5, 5.41) is 21.9. The lowest BCUT2D eigenvalue weighted by Gasteiger charge is -2.28. The first-order valence-corrected chi connectivity index (χ1v) is 6.67. The summed E-state index contributed by atoms with van der Waals surface area (Å²) >= 11 is 5.85. The van der Waals surface area contributed by atoms with E-state index in [4.69, 9.17) is 22.0 Å². The summed E-state index contributed by atoms with van der Waals surface area (Å²) in [6.07, 6.45) is 3.16. The third kappa shape index (κ3) is 3.39. The predicted octanol–water partition coefficient (Wildman–Crippen LogP) is 3.27. The van der Waals surface area contributed by atoms with Gasteiger partial charge in [-0.1, -0.05) is 18.0 Å². The second kappa shape index (κ2) is 5.94. The Hall–Kier alpha value is -1.73. The summed E-state index contributed by atoms with van der Waals surface area (Å²) < 4.78 is 0. The van der Waals surface area contributed by atoms with Crippen molar-refractivity contribution in [2.75, 3.05) is 5.32 Å². The van der Waals surface area contributed by atoms with E-state index >= 15 is 0 Å². The zero-order valence-corrected chi connectivity index (χ0v) is 11.2. The van der Waals surface area contributed by atoms with Gasteiger partial charge in [-0.25, -0.2) is 0 Å². The Kier molecular flexibility index (Phi) is 4.28. The monoisotopic (exact) mass is 278 g/mol. The molecule has 4 nitrogen and oxygen atoms in total. The van der Waals surface area contributed by atoms with Gasteiger partial charge >= 0.3 is 5.97 Å². The Balaban J connectivity index is 2.09. The number of halogens is 1. The standard InChI is InChI=1S/C14H15ClN2O2/c15-11-4-5-13(10(6-11)8-16)17-12-3-1-2-9(7-12)14(18)19/h4-6,9,12,17H,1-3,7H2,(H,18,19). The maximum absolute atomic E-state index is 11.0. The topological polar surface area (TPSA) is 73.1 Å². The van der Waals surface area contributed by atoms with Gasteiger partial charge in [0.2, 0.25) is 0 Å². The molecule has 19 heavy (non-hydrogen) atoms. The minimum Gasteiger partial charge on any atom is -0.481 e. The number of carbonyl (C=O) groups is 1. The molecule has 0 saturated heterocycles. The summed E-state index contributed by atoms with van der Waals surface area (Å²) in [7, 11) is 0. The largest absolute Gasteiger partial charge is 0.481 e. The molecule has 0 heterocycles. The molecule has 5 heteroatoms. The van der Waals surface area contributed by atoms with Crippen LogP contribution in [0.25, 0.3) is 0 Å². The fraction of sp³-hybridized carbons (Fsp3) is 0.429. The maximum atomic E-state index is 11.0. The fourth-order valence-electron chi connectivity index (χ4n) is 2.50. The first-order chi connectivity index (χ1) is 9.10. The van der Waals surface area contributed by atoms with Gasteiger partial charge in [-0.3, -0.25) is 4.79 Å². The van der Waals surface area contributed by atoms with Gasteiger partial charge < -0.3 is 10.4 Å². The van der Waals surface area contributed by atoms with Gasteiger partial charge in [0.05, 0.1) is 17.2 Å². The van der Waals surface area contributed by atoms with Crippen molar-refractivity contribution in [1.29, 1.82) is 5.26 Å². The molecule has 1 aliphatic carbocycles. The van der Waals surface area contributed by atoms with Gasteiger partial charge in [-0.2, -0.15) is 5.26 Å². The van der Waals surface area contributed by atoms with Gasteiger partial charge in [0, 0.05) is 11.1 Å². The summed E-state index contributed by atoms with van der Waals surface area (Å²) in [6, 6.07) is 7.30. The van der Waals surface area contributed by atoms with E-state index in [1.807, 2.05) is 0 Å². The number of carboxylic acid groups (broad SMARTS) is 1. The fourth-order valence-corrected chi connectivity index (χ4v) is 2.67. The van der Waals surface area contributed by atoms with E-state index < -0.39 is 5.97 Å². The van der Waals surface area contributed by atoms with Crippen LogP contribution < -0.4 is 5.32 Å². The van der Waals surface area contributed by atoms with Crippen molar-refractivity contribution in [3.63, 3.8) is 0 Å². The first-order valence-electron chi connectivity index (χ1n) is 6.29. The minimum absolute atomic E-state index is 0.100. The van der Waals surface area contributed by atoms with Gasteiger partial charge in [-0.15, -0.1) is 0 Å². The lowest BCUT2D eigenvalue weighted by atomic mass is 9.85. The highest BCUT2D eigenvalue weighted by atomic mass is 35.5. The molecule has 1 aromatic rings. The van der Waals surface area contributed by atoms with Gasteiger partial charge in [-0.05, 0) is 37.5 Å². The van der Waals surface area contributed by atoms with Gasteiger partial charge in [0.15, 0.2) is 0 Å². The van der Waals surface area contributed by atoms with Crippen LogP contribution in [0.3, 0.4) is 0 Å². The van der Waals surface area contributed by atoms with Crippen molar-refractivity contribution < 1.29 is 9.90 Å². The van der Waals surface area contributed by atoms with E-state index in [9.17, 15) is 4.79 Å². The number of hydrogen-bond donors (Lipinski definition) is 2.